The Morgan fingerprint density at radius 2 is 2.09 bits per heavy atom. The number of hydrogen-bond donors (Lipinski definition) is 0. The Labute approximate surface area is 135 Å². The lowest BCUT2D eigenvalue weighted by Gasteiger charge is -2.33. The van der Waals surface area contributed by atoms with Crippen LogP contribution in [-0.2, 0) is 18.4 Å². The first-order chi connectivity index (χ1) is 11.0. The summed E-state index contributed by atoms with van der Waals surface area (Å²) >= 11 is 0. The first-order valence-electron chi connectivity index (χ1n) is 7.54. The number of amides is 2. The number of likely N-dealkylation sites (N-methyl/N-ethyl adjacent to an activating group) is 2. The summed E-state index contributed by atoms with van der Waals surface area (Å²) in [6.07, 6.45) is 3.66. The van der Waals surface area contributed by atoms with Gasteiger partial charge in [0.05, 0.1) is 12.1 Å². The largest absolute Gasteiger partial charge is 0.341 e. The van der Waals surface area contributed by atoms with Gasteiger partial charge in [-0.05, 0) is 11.6 Å². The summed E-state index contributed by atoms with van der Waals surface area (Å²) in [4.78, 5) is 28.4. The molecule has 1 unspecified atom stereocenters. The van der Waals surface area contributed by atoms with Gasteiger partial charge in [0, 0.05) is 51.6 Å². The van der Waals surface area contributed by atoms with E-state index in [9.17, 15) is 9.59 Å². The van der Waals surface area contributed by atoms with Gasteiger partial charge in [-0.25, -0.2) is 0 Å². The normalized spacial score (nSPS) is 17.1. The summed E-state index contributed by atoms with van der Waals surface area (Å²) in [5.41, 5.74) is 2.42. The molecule has 0 saturated carbocycles. The van der Waals surface area contributed by atoms with Crippen LogP contribution in [0.4, 0.5) is 0 Å². The lowest BCUT2D eigenvalue weighted by molar-refractivity contribution is -0.132. The number of benzene rings is 1. The predicted octanol–water partition coefficient (Wildman–Crippen LogP) is 1.25. The van der Waals surface area contributed by atoms with E-state index < -0.39 is 0 Å². The molecule has 2 aromatic rings. The number of carbonyl (C=O) groups excluding carboxylic acids is 2. The molecule has 0 fully saturated rings. The number of hydrogen-bond acceptors (Lipinski definition) is 3. The molecule has 2 heterocycles. The zero-order chi connectivity index (χ0) is 16.6. The smallest absolute Gasteiger partial charge is 0.253 e. The first-order valence-corrected chi connectivity index (χ1v) is 7.54. The van der Waals surface area contributed by atoms with E-state index in [1.807, 2.05) is 31.4 Å². The van der Waals surface area contributed by atoms with Crippen LogP contribution in [0.3, 0.4) is 0 Å². The molecule has 1 aliphatic rings. The molecule has 0 aliphatic carbocycles. The van der Waals surface area contributed by atoms with Crippen LogP contribution in [0, 0.1) is 0 Å². The molecule has 0 N–H and O–H groups in total. The second-order valence-electron chi connectivity index (χ2n) is 6.04. The highest BCUT2D eigenvalue weighted by Crippen LogP contribution is 2.29. The highest BCUT2D eigenvalue weighted by Gasteiger charge is 2.34. The topological polar surface area (TPSA) is 58.4 Å². The van der Waals surface area contributed by atoms with E-state index in [2.05, 4.69) is 5.10 Å². The standard InChI is InChI=1S/C17H20N4O2/c1-19(9-12-8-18-21(3)10-12)17(23)15-11-20(2)16(22)14-7-5-4-6-13(14)15/h4-8,10,15H,9,11H2,1-3H3. The van der Waals surface area contributed by atoms with Gasteiger partial charge in [-0.2, -0.15) is 5.10 Å². The van der Waals surface area contributed by atoms with Crippen LogP contribution >= 0.6 is 0 Å². The third-order valence-corrected chi connectivity index (χ3v) is 4.22. The molecule has 0 radical (unpaired) electrons. The molecular formula is C17H20N4O2. The molecule has 6 nitrogen and oxygen atoms in total. The zero-order valence-corrected chi connectivity index (χ0v) is 13.6. The number of nitrogens with zero attached hydrogens (tertiary/aromatic N) is 4. The molecule has 0 spiro atoms. The molecule has 6 heteroatoms. The summed E-state index contributed by atoms with van der Waals surface area (Å²) in [7, 11) is 5.37. The van der Waals surface area contributed by atoms with Crippen molar-refractivity contribution in [3.63, 3.8) is 0 Å². The Hall–Kier alpha value is -2.63. The number of aryl methyl sites for hydroxylation is 1. The Morgan fingerprint density at radius 3 is 2.78 bits per heavy atom. The van der Waals surface area contributed by atoms with Crippen molar-refractivity contribution in [3.8, 4) is 0 Å². The summed E-state index contributed by atoms with van der Waals surface area (Å²) < 4.78 is 1.72. The van der Waals surface area contributed by atoms with Crippen molar-refractivity contribution in [1.29, 1.82) is 0 Å². The van der Waals surface area contributed by atoms with E-state index in [4.69, 9.17) is 0 Å². The van der Waals surface area contributed by atoms with Gasteiger partial charge in [0.2, 0.25) is 5.91 Å². The fourth-order valence-corrected chi connectivity index (χ4v) is 3.04. The molecule has 0 bridgehead atoms. The molecular weight excluding hydrogens is 292 g/mol. The van der Waals surface area contributed by atoms with E-state index in [-0.39, 0.29) is 17.7 Å². The molecule has 0 saturated heterocycles. The van der Waals surface area contributed by atoms with Crippen molar-refractivity contribution in [3.05, 3.63) is 53.3 Å². The van der Waals surface area contributed by atoms with Gasteiger partial charge in [0.25, 0.3) is 5.91 Å². The van der Waals surface area contributed by atoms with Crippen molar-refractivity contribution >= 4 is 11.8 Å². The number of aromatic nitrogens is 2. The minimum Gasteiger partial charge on any atom is -0.341 e. The Bertz CT molecular complexity index is 753. The van der Waals surface area contributed by atoms with Gasteiger partial charge in [-0.3, -0.25) is 14.3 Å². The van der Waals surface area contributed by atoms with Crippen LogP contribution in [0.5, 0.6) is 0 Å². The van der Waals surface area contributed by atoms with Gasteiger partial charge in [-0.1, -0.05) is 18.2 Å². The van der Waals surface area contributed by atoms with Crippen LogP contribution in [0.25, 0.3) is 0 Å². The highest BCUT2D eigenvalue weighted by molar-refractivity contribution is 6.00. The molecule has 1 aromatic heterocycles. The summed E-state index contributed by atoms with van der Waals surface area (Å²) in [5.74, 6) is -0.337. The van der Waals surface area contributed by atoms with Gasteiger partial charge >= 0.3 is 0 Å². The van der Waals surface area contributed by atoms with E-state index in [1.54, 1.807) is 40.8 Å². The molecule has 120 valence electrons. The Morgan fingerprint density at radius 1 is 1.35 bits per heavy atom. The summed E-state index contributed by atoms with van der Waals surface area (Å²) in [6, 6.07) is 7.37. The minimum atomic E-state index is -0.324. The maximum Gasteiger partial charge on any atom is 0.253 e. The maximum absolute atomic E-state index is 12.9. The fraction of sp³-hybridized carbons (Fsp3) is 0.353. The Kier molecular flexibility index (Phi) is 3.90. The van der Waals surface area contributed by atoms with E-state index >= 15 is 0 Å². The SMILES string of the molecule is CN1CC(C(=O)N(C)Cc2cnn(C)c2)c2ccccc2C1=O. The molecule has 3 rings (SSSR count). The van der Waals surface area contributed by atoms with Gasteiger partial charge in [0.1, 0.15) is 0 Å². The molecule has 1 aliphatic heterocycles. The van der Waals surface area contributed by atoms with Gasteiger partial charge < -0.3 is 9.80 Å². The van der Waals surface area contributed by atoms with E-state index in [0.717, 1.165) is 11.1 Å². The van der Waals surface area contributed by atoms with Crippen LogP contribution in [0.1, 0.15) is 27.4 Å². The molecule has 23 heavy (non-hydrogen) atoms. The second-order valence-corrected chi connectivity index (χ2v) is 6.04. The zero-order valence-electron chi connectivity index (χ0n) is 13.6. The lowest BCUT2D eigenvalue weighted by Crippen LogP contribution is -2.43. The summed E-state index contributed by atoms with van der Waals surface area (Å²) in [6.45, 7) is 0.912. The predicted molar refractivity (Wildman–Crippen MR) is 85.8 cm³/mol. The first kappa shape index (κ1) is 15.3. The molecule has 1 atom stereocenters. The van der Waals surface area contributed by atoms with Gasteiger partial charge in [0.15, 0.2) is 0 Å². The third-order valence-electron chi connectivity index (χ3n) is 4.22. The van der Waals surface area contributed by atoms with Gasteiger partial charge in [-0.15, -0.1) is 0 Å². The van der Waals surface area contributed by atoms with Crippen molar-refractivity contribution in [2.24, 2.45) is 7.05 Å². The fourth-order valence-electron chi connectivity index (χ4n) is 3.04. The highest BCUT2D eigenvalue weighted by atomic mass is 16.2. The van der Waals surface area contributed by atoms with Crippen molar-refractivity contribution < 1.29 is 9.59 Å². The van der Waals surface area contributed by atoms with E-state index in [1.165, 1.54) is 0 Å². The number of fused-ring (bicyclic) bond motifs is 1. The van der Waals surface area contributed by atoms with E-state index in [0.29, 0.717) is 18.7 Å². The van der Waals surface area contributed by atoms with Crippen LogP contribution < -0.4 is 0 Å². The monoisotopic (exact) mass is 312 g/mol. The quantitative estimate of drug-likeness (QED) is 0.857. The number of rotatable bonds is 3. The van der Waals surface area contributed by atoms with Crippen molar-refractivity contribution in [2.45, 2.75) is 12.5 Å². The molecule has 1 aromatic carbocycles. The third kappa shape index (κ3) is 2.84. The van der Waals surface area contributed by atoms with Crippen molar-refractivity contribution in [1.82, 2.24) is 19.6 Å². The number of carbonyl (C=O) groups is 2. The van der Waals surface area contributed by atoms with Crippen molar-refractivity contribution in [2.75, 3.05) is 20.6 Å². The van der Waals surface area contributed by atoms with Crippen LogP contribution in [-0.4, -0.2) is 52.0 Å². The lowest BCUT2D eigenvalue weighted by atomic mass is 9.88. The second kappa shape index (κ2) is 5.87. The van der Waals surface area contributed by atoms with Crippen LogP contribution in [0.15, 0.2) is 36.7 Å². The average molecular weight is 312 g/mol. The Balaban J connectivity index is 1.84. The van der Waals surface area contributed by atoms with Crippen LogP contribution in [0.2, 0.25) is 0 Å². The average Bonchev–Trinajstić information content (AvgIpc) is 2.95. The minimum absolute atomic E-state index is 0.0145. The summed E-state index contributed by atoms with van der Waals surface area (Å²) in [5, 5.41) is 4.13. The maximum atomic E-state index is 12.9. The molecule has 2 amide bonds.